The van der Waals surface area contributed by atoms with Gasteiger partial charge in [0, 0.05) is 57.8 Å². The largest absolute Gasteiger partial charge is 0.383 e. The van der Waals surface area contributed by atoms with Gasteiger partial charge in [0.05, 0.1) is 23.7 Å². The van der Waals surface area contributed by atoms with E-state index >= 15 is 0 Å². The number of pyridine rings is 1. The summed E-state index contributed by atoms with van der Waals surface area (Å²) in [7, 11) is 3.25. The van der Waals surface area contributed by atoms with Crippen LogP contribution in [0.3, 0.4) is 0 Å². The van der Waals surface area contributed by atoms with E-state index in [0.717, 1.165) is 23.4 Å². The zero-order chi connectivity index (χ0) is 32.5. The summed E-state index contributed by atoms with van der Waals surface area (Å²) in [5, 5.41) is 6.61. The molecule has 1 amide bonds. The van der Waals surface area contributed by atoms with Gasteiger partial charge in [0.15, 0.2) is 17.3 Å². The zero-order valence-corrected chi connectivity index (χ0v) is 25.6. The number of carbonyl (C=O) groups is 2. The molecule has 0 unspecified atom stereocenters. The molecule has 1 aliphatic heterocycles. The van der Waals surface area contributed by atoms with Crippen molar-refractivity contribution in [3.8, 4) is 16.9 Å². The summed E-state index contributed by atoms with van der Waals surface area (Å²) in [5.74, 6) is -2.86. The standard InChI is InChI=1S/C33H33F2N7O4/c1-19-28(16-24(43)13-22-18-41(11-12-45-3)46-30(22)20-9-10-25(34)26(35)14-20)42(23-7-5-4-6-8-23)39-29(19)21-15-27-32(37-17-21)40(2)33(38-27)31(36)44/h4-10,14-15,17,22,30H,11-13,16,18H2,1-3H3,(H2,36,44)/t22-,30+/m1/s1. The van der Waals surface area contributed by atoms with Crippen molar-refractivity contribution in [2.24, 2.45) is 18.7 Å². The lowest BCUT2D eigenvalue weighted by molar-refractivity contribution is -0.155. The van der Waals surface area contributed by atoms with E-state index in [1.807, 2.05) is 37.3 Å². The van der Waals surface area contributed by atoms with Gasteiger partial charge in [0.2, 0.25) is 5.82 Å². The molecule has 2 N–H and O–H groups in total. The van der Waals surface area contributed by atoms with Crippen LogP contribution in [0.5, 0.6) is 0 Å². The van der Waals surface area contributed by atoms with E-state index in [-0.39, 0.29) is 30.4 Å². The maximum Gasteiger partial charge on any atom is 0.284 e. The predicted molar refractivity (Wildman–Crippen MR) is 165 cm³/mol. The summed E-state index contributed by atoms with van der Waals surface area (Å²) in [6.45, 7) is 3.19. The number of nitrogens with zero attached hydrogens (tertiary/aromatic N) is 6. The number of Topliss-reactive ketones (excluding diaryl/α,β-unsaturated/α-hetero) is 1. The molecule has 0 saturated carbocycles. The molecule has 0 aliphatic carbocycles. The third-order valence-corrected chi connectivity index (χ3v) is 8.25. The summed E-state index contributed by atoms with van der Waals surface area (Å²) in [5.41, 5.74) is 10.5. The Kier molecular flexibility index (Phi) is 8.71. The number of amides is 1. The molecule has 2 aromatic carbocycles. The van der Waals surface area contributed by atoms with Gasteiger partial charge in [-0.05, 0) is 48.4 Å². The van der Waals surface area contributed by atoms with Crippen LogP contribution in [0.2, 0.25) is 0 Å². The van der Waals surface area contributed by atoms with E-state index in [0.29, 0.717) is 53.4 Å². The molecule has 2 atom stereocenters. The van der Waals surface area contributed by atoms with Gasteiger partial charge in [0.25, 0.3) is 5.91 Å². The normalized spacial score (nSPS) is 16.8. The molecule has 6 rings (SSSR count). The number of hydroxylamine groups is 2. The second kappa shape index (κ2) is 12.9. The summed E-state index contributed by atoms with van der Waals surface area (Å²) in [6.07, 6.45) is 1.23. The number of carbonyl (C=O) groups excluding carboxylic acids is 2. The van der Waals surface area contributed by atoms with Crippen LogP contribution in [0.25, 0.3) is 28.1 Å². The Hall–Kier alpha value is -4.85. The van der Waals surface area contributed by atoms with Gasteiger partial charge < -0.3 is 15.0 Å². The maximum atomic E-state index is 14.2. The first-order chi connectivity index (χ1) is 22.1. The molecular weight excluding hydrogens is 596 g/mol. The summed E-state index contributed by atoms with van der Waals surface area (Å²) < 4.78 is 36.4. The van der Waals surface area contributed by atoms with Crippen LogP contribution >= 0.6 is 0 Å². The Morgan fingerprint density at radius 1 is 1.11 bits per heavy atom. The molecule has 0 radical (unpaired) electrons. The molecule has 4 heterocycles. The van der Waals surface area contributed by atoms with Gasteiger partial charge in [-0.25, -0.2) is 23.4 Å². The fourth-order valence-electron chi connectivity index (χ4n) is 5.95. The minimum Gasteiger partial charge on any atom is -0.383 e. The first-order valence-electron chi connectivity index (χ1n) is 14.8. The number of rotatable bonds is 11. The Morgan fingerprint density at radius 3 is 2.61 bits per heavy atom. The van der Waals surface area contributed by atoms with Gasteiger partial charge in [0.1, 0.15) is 17.4 Å². The number of aromatic nitrogens is 5. The number of benzene rings is 2. The van der Waals surface area contributed by atoms with Crippen molar-refractivity contribution in [2.45, 2.75) is 25.9 Å². The molecule has 11 nitrogen and oxygen atoms in total. The van der Waals surface area contributed by atoms with E-state index < -0.39 is 23.6 Å². The molecule has 0 spiro atoms. The van der Waals surface area contributed by atoms with Crippen LogP contribution in [-0.4, -0.2) is 67.9 Å². The first kappa shape index (κ1) is 31.1. The molecule has 1 saturated heterocycles. The fourth-order valence-corrected chi connectivity index (χ4v) is 5.95. The minimum absolute atomic E-state index is 0.0640. The smallest absolute Gasteiger partial charge is 0.284 e. The molecule has 5 aromatic rings. The van der Waals surface area contributed by atoms with Gasteiger partial charge in [-0.1, -0.05) is 24.3 Å². The van der Waals surface area contributed by atoms with Gasteiger partial charge >= 0.3 is 0 Å². The number of ether oxygens (including phenoxy) is 1. The highest BCUT2D eigenvalue weighted by atomic mass is 19.2. The molecule has 46 heavy (non-hydrogen) atoms. The number of para-hydroxylation sites is 1. The number of halogens is 2. The van der Waals surface area contributed by atoms with Crippen molar-refractivity contribution < 1.29 is 27.9 Å². The maximum absolute atomic E-state index is 14.2. The van der Waals surface area contributed by atoms with E-state index in [9.17, 15) is 18.4 Å². The number of primary amides is 1. The molecular formula is C33H33F2N7O4. The lowest BCUT2D eigenvalue weighted by Crippen LogP contribution is -2.24. The number of nitrogens with two attached hydrogens (primary N) is 1. The van der Waals surface area contributed by atoms with Gasteiger partial charge in [-0.15, -0.1) is 0 Å². The fraction of sp³-hybridized carbons (Fsp3) is 0.303. The number of ketones is 1. The highest BCUT2D eigenvalue weighted by Crippen LogP contribution is 2.37. The molecule has 0 bridgehead atoms. The molecule has 238 valence electrons. The van der Waals surface area contributed by atoms with Crippen LogP contribution in [0.15, 0.2) is 60.8 Å². The van der Waals surface area contributed by atoms with E-state index in [4.69, 9.17) is 20.4 Å². The average molecular weight is 630 g/mol. The van der Waals surface area contributed by atoms with E-state index in [2.05, 4.69) is 9.97 Å². The Labute approximate surface area is 263 Å². The van der Waals surface area contributed by atoms with Crippen LogP contribution in [0.4, 0.5) is 8.78 Å². The first-order valence-corrected chi connectivity index (χ1v) is 14.8. The average Bonchev–Trinajstić information content (AvgIpc) is 3.71. The highest BCUT2D eigenvalue weighted by Gasteiger charge is 2.37. The van der Waals surface area contributed by atoms with Crippen molar-refractivity contribution in [3.05, 3.63) is 95.1 Å². The number of methoxy groups -OCH3 is 1. The predicted octanol–water partition coefficient (Wildman–Crippen LogP) is 4.26. The summed E-state index contributed by atoms with van der Waals surface area (Å²) in [6, 6.07) is 15.0. The molecule has 1 fully saturated rings. The summed E-state index contributed by atoms with van der Waals surface area (Å²) in [4.78, 5) is 40.6. The molecule has 13 heteroatoms. The quantitative estimate of drug-likeness (QED) is 0.230. The Balaban J connectivity index is 1.32. The number of hydrogen-bond acceptors (Lipinski definition) is 8. The van der Waals surface area contributed by atoms with Crippen molar-refractivity contribution in [1.82, 2.24) is 29.4 Å². The van der Waals surface area contributed by atoms with Crippen molar-refractivity contribution in [2.75, 3.05) is 26.8 Å². The number of hydrogen-bond donors (Lipinski definition) is 1. The third kappa shape index (κ3) is 6.04. The van der Waals surface area contributed by atoms with Gasteiger partial charge in [-0.2, -0.15) is 10.2 Å². The number of aryl methyl sites for hydroxylation is 1. The van der Waals surface area contributed by atoms with Crippen molar-refractivity contribution in [1.29, 1.82) is 0 Å². The minimum atomic E-state index is -0.972. The third-order valence-electron chi connectivity index (χ3n) is 8.25. The monoisotopic (exact) mass is 629 g/mol. The zero-order valence-electron chi connectivity index (χ0n) is 25.6. The lowest BCUT2D eigenvalue weighted by atomic mass is 9.90. The highest BCUT2D eigenvalue weighted by molar-refractivity contribution is 5.93. The topological polar surface area (TPSA) is 130 Å². The van der Waals surface area contributed by atoms with Crippen LogP contribution in [-0.2, 0) is 27.8 Å². The van der Waals surface area contributed by atoms with E-state index in [1.54, 1.807) is 36.2 Å². The van der Waals surface area contributed by atoms with Crippen molar-refractivity contribution in [3.63, 3.8) is 0 Å². The van der Waals surface area contributed by atoms with Crippen LogP contribution < -0.4 is 5.73 Å². The second-order valence-corrected chi connectivity index (χ2v) is 11.4. The van der Waals surface area contributed by atoms with Crippen molar-refractivity contribution >= 4 is 22.9 Å². The van der Waals surface area contributed by atoms with Crippen LogP contribution in [0, 0.1) is 24.5 Å². The Morgan fingerprint density at radius 2 is 1.89 bits per heavy atom. The number of imidazole rings is 1. The molecule has 3 aromatic heterocycles. The lowest BCUT2D eigenvalue weighted by Gasteiger charge is -2.18. The Bertz CT molecular complexity index is 1920. The molecule has 1 aliphatic rings. The number of fused-ring (bicyclic) bond motifs is 1. The summed E-state index contributed by atoms with van der Waals surface area (Å²) >= 11 is 0. The van der Waals surface area contributed by atoms with Crippen LogP contribution in [0.1, 0.15) is 40.0 Å². The second-order valence-electron chi connectivity index (χ2n) is 11.4. The SMILES string of the molecule is COCCN1C[C@@H](CC(=O)Cc2c(C)c(-c3cnc4c(c3)nc(C(N)=O)n4C)nn2-c2ccccc2)[C@H](c2ccc(F)c(F)c2)O1. The van der Waals surface area contributed by atoms with Gasteiger partial charge in [-0.3, -0.25) is 14.4 Å². The van der Waals surface area contributed by atoms with E-state index in [1.165, 1.54) is 10.6 Å².